The monoisotopic (exact) mass is 402 g/mol. The van der Waals surface area contributed by atoms with Crippen LogP contribution in [0.2, 0.25) is 0 Å². The number of amides is 2. The van der Waals surface area contributed by atoms with Crippen LogP contribution in [0.1, 0.15) is 39.3 Å². The third-order valence-electron chi connectivity index (χ3n) is 4.63. The molecule has 1 heterocycles. The van der Waals surface area contributed by atoms with Gasteiger partial charge in [-0.05, 0) is 45.4 Å². The predicted octanol–water partition coefficient (Wildman–Crippen LogP) is 1.98. The molecule has 2 rings (SSSR count). The van der Waals surface area contributed by atoms with E-state index in [9.17, 15) is 14.4 Å². The Morgan fingerprint density at radius 3 is 2.45 bits per heavy atom. The summed E-state index contributed by atoms with van der Waals surface area (Å²) in [5.41, 5.74) is 8.80. The van der Waals surface area contributed by atoms with Crippen molar-refractivity contribution in [2.75, 3.05) is 13.7 Å². The molecule has 0 aromatic heterocycles. The standard InChI is InChI=1S/C20H26N4O5/c1-12(13-6-8-14(28-5)9-7-13)24-11-15(16(25)10-22-21)17(18(24)26)23-19(27)29-20(2,3)4/h6-10,12,15,17H,11H2,1-5H3,(H,23,27)/t12-,15-,17-/m0/s1. The van der Waals surface area contributed by atoms with Gasteiger partial charge >= 0.3 is 12.3 Å². The zero-order valence-electron chi connectivity index (χ0n) is 17.2. The van der Waals surface area contributed by atoms with Crippen LogP contribution < -0.4 is 10.1 Å². The third-order valence-corrected chi connectivity index (χ3v) is 4.63. The van der Waals surface area contributed by atoms with E-state index < -0.39 is 35.3 Å². The number of carbonyl (C=O) groups excluding carboxylic acids is 3. The highest BCUT2D eigenvalue weighted by Gasteiger charge is 2.47. The first kappa shape index (κ1) is 22.1. The molecular weight excluding hydrogens is 376 g/mol. The average molecular weight is 402 g/mol. The summed E-state index contributed by atoms with van der Waals surface area (Å²) in [5.74, 6) is -1.19. The lowest BCUT2D eigenvalue weighted by Gasteiger charge is -2.25. The molecule has 0 saturated carbocycles. The normalized spacial score (nSPS) is 19.9. The van der Waals surface area contributed by atoms with Crippen LogP contribution in [0.25, 0.3) is 5.53 Å². The number of hydrogen-bond acceptors (Lipinski definition) is 5. The van der Waals surface area contributed by atoms with Crippen LogP contribution in [-0.4, -0.2) is 59.0 Å². The van der Waals surface area contributed by atoms with Crippen molar-refractivity contribution in [2.45, 2.75) is 45.4 Å². The van der Waals surface area contributed by atoms with Crippen LogP contribution >= 0.6 is 0 Å². The first-order chi connectivity index (χ1) is 13.6. The summed E-state index contributed by atoms with van der Waals surface area (Å²) in [7, 11) is 1.56. The van der Waals surface area contributed by atoms with E-state index in [1.54, 1.807) is 40.0 Å². The number of methoxy groups -OCH3 is 1. The van der Waals surface area contributed by atoms with Gasteiger partial charge in [-0.1, -0.05) is 12.1 Å². The van der Waals surface area contributed by atoms with Crippen LogP contribution in [0.15, 0.2) is 24.3 Å². The van der Waals surface area contributed by atoms with E-state index in [1.165, 1.54) is 4.90 Å². The molecule has 9 heteroatoms. The molecule has 156 valence electrons. The Bertz CT molecular complexity index is 824. The van der Waals surface area contributed by atoms with Crippen LogP contribution in [-0.2, 0) is 14.3 Å². The molecule has 0 unspecified atom stereocenters. The fraction of sp³-hybridized carbons (Fsp3) is 0.500. The first-order valence-electron chi connectivity index (χ1n) is 9.22. The van der Waals surface area contributed by atoms with Crippen molar-refractivity contribution in [1.82, 2.24) is 10.2 Å². The summed E-state index contributed by atoms with van der Waals surface area (Å²) in [6, 6.07) is 5.76. The van der Waals surface area contributed by atoms with Gasteiger partial charge in [-0.15, -0.1) is 0 Å². The van der Waals surface area contributed by atoms with Crippen molar-refractivity contribution < 1.29 is 28.6 Å². The molecule has 9 nitrogen and oxygen atoms in total. The molecular formula is C20H26N4O5. The minimum absolute atomic E-state index is 0.0668. The van der Waals surface area contributed by atoms with Crippen molar-refractivity contribution in [2.24, 2.45) is 5.92 Å². The molecule has 0 bridgehead atoms. The lowest BCUT2D eigenvalue weighted by molar-refractivity contribution is -0.131. The number of likely N-dealkylation sites (tertiary alicyclic amines) is 1. The Labute approximate surface area is 169 Å². The minimum Gasteiger partial charge on any atom is -0.497 e. The summed E-state index contributed by atoms with van der Waals surface area (Å²) in [6.07, 6.45) is -0.0583. The number of Topliss-reactive ketones (excluding diaryl/α,β-unsaturated/α-hetero) is 1. The van der Waals surface area contributed by atoms with Gasteiger partial charge in [0, 0.05) is 6.54 Å². The molecule has 1 aromatic carbocycles. The number of nitrogens with one attached hydrogen (secondary N) is 1. The Morgan fingerprint density at radius 2 is 1.93 bits per heavy atom. The van der Waals surface area contributed by atoms with Crippen LogP contribution in [0.5, 0.6) is 5.75 Å². The summed E-state index contributed by atoms with van der Waals surface area (Å²) in [6.45, 7) is 6.99. The van der Waals surface area contributed by atoms with Crippen molar-refractivity contribution >= 4 is 24.0 Å². The second-order valence-electron chi connectivity index (χ2n) is 7.82. The lowest BCUT2D eigenvalue weighted by Crippen LogP contribution is -2.48. The maximum atomic E-state index is 13.0. The number of alkyl carbamates (subject to hydrolysis) is 1. The van der Waals surface area contributed by atoms with Crippen LogP contribution in [0.3, 0.4) is 0 Å². The smallest absolute Gasteiger partial charge is 0.408 e. The Balaban J connectivity index is 2.26. The molecule has 3 atom stereocenters. The van der Waals surface area contributed by atoms with Gasteiger partial charge in [0.15, 0.2) is 0 Å². The van der Waals surface area contributed by atoms with E-state index in [-0.39, 0.29) is 12.6 Å². The molecule has 2 amide bonds. The molecule has 0 radical (unpaired) electrons. The number of nitrogens with zero attached hydrogens (tertiary/aromatic N) is 3. The van der Waals surface area contributed by atoms with Gasteiger partial charge in [-0.2, -0.15) is 4.79 Å². The van der Waals surface area contributed by atoms with Crippen LogP contribution in [0.4, 0.5) is 4.79 Å². The van der Waals surface area contributed by atoms with Gasteiger partial charge in [-0.25, -0.2) is 4.79 Å². The van der Waals surface area contributed by atoms with E-state index in [2.05, 4.69) is 10.1 Å². The topological polar surface area (TPSA) is 121 Å². The molecule has 1 saturated heterocycles. The highest BCUT2D eigenvalue weighted by atomic mass is 16.6. The zero-order chi connectivity index (χ0) is 21.8. The average Bonchev–Trinajstić information content (AvgIpc) is 2.96. The number of rotatable bonds is 6. The number of benzene rings is 1. The van der Waals surface area contributed by atoms with Gasteiger partial charge in [0.05, 0.1) is 19.1 Å². The molecule has 1 aromatic rings. The molecule has 1 fully saturated rings. The van der Waals surface area contributed by atoms with E-state index >= 15 is 0 Å². The highest BCUT2D eigenvalue weighted by Crippen LogP contribution is 2.30. The second-order valence-corrected chi connectivity index (χ2v) is 7.82. The maximum absolute atomic E-state index is 13.0. The quantitative estimate of drug-likeness (QED) is 0.443. The lowest BCUT2D eigenvalue weighted by atomic mass is 9.99. The molecule has 1 aliphatic heterocycles. The molecule has 1 aliphatic rings. The predicted molar refractivity (Wildman–Crippen MR) is 104 cm³/mol. The molecule has 0 spiro atoms. The van der Waals surface area contributed by atoms with E-state index in [0.717, 1.165) is 11.8 Å². The Morgan fingerprint density at radius 1 is 1.31 bits per heavy atom. The SMILES string of the molecule is COc1ccc([C@H](C)N2C[C@@H](C(=O)C=[N+]=[N-])[C@H](NC(=O)OC(C)(C)C)C2=O)cc1. The summed E-state index contributed by atoms with van der Waals surface area (Å²) in [5, 5.41) is 2.49. The summed E-state index contributed by atoms with van der Waals surface area (Å²) >= 11 is 0. The fourth-order valence-electron chi connectivity index (χ4n) is 3.17. The Kier molecular flexibility index (Phi) is 6.76. The maximum Gasteiger partial charge on any atom is 0.408 e. The Hall–Kier alpha value is -3.19. The van der Waals surface area contributed by atoms with Crippen LogP contribution in [0, 0.1) is 5.92 Å². The minimum atomic E-state index is -1.11. The van der Waals surface area contributed by atoms with Gasteiger partial charge in [-0.3, -0.25) is 9.59 Å². The zero-order valence-corrected chi connectivity index (χ0v) is 17.2. The van der Waals surface area contributed by atoms with E-state index in [1.807, 2.05) is 19.1 Å². The number of carbonyl (C=O) groups is 3. The van der Waals surface area contributed by atoms with Gasteiger partial charge in [0.2, 0.25) is 11.7 Å². The van der Waals surface area contributed by atoms with Gasteiger partial charge in [0.25, 0.3) is 0 Å². The van der Waals surface area contributed by atoms with E-state index in [4.69, 9.17) is 15.0 Å². The number of ether oxygens (including phenoxy) is 2. The van der Waals surface area contributed by atoms with Crippen molar-refractivity contribution in [3.63, 3.8) is 0 Å². The van der Waals surface area contributed by atoms with Gasteiger partial charge < -0.3 is 25.2 Å². The summed E-state index contributed by atoms with van der Waals surface area (Å²) < 4.78 is 10.4. The van der Waals surface area contributed by atoms with Gasteiger partial charge in [0.1, 0.15) is 17.4 Å². The third kappa shape index (κ3) is 5.42. The van der Waals surface area contributed by atoms with Crippen molar-refractivity contribution in [3.05, 3.63) is 35.4 Å². The van der Waals surface area contributed by atoms with Crippen molar-refractivity contribution in [3.8, 4) is 5.75 Å². The highest BCUT2D eigenvalue weighted by molar-refractivity contribution is 6.27. The largest absolute Gasteiger partial charge is 0.497 e. The molecule has 0 aliphatic carbocycles. The molecule has 29 heavy (non-hydrogen) atoms. The summed E-state index contributed by atoms with van der Waals surface area (Å²) in [4.78, 5) is 41.9. The van der Waals surface area contributed by atoms with E-state index in [0.29, 0.717) is 5.75 Å². The second kappa shape index (κ2) is 8.87. The number of ketones is 1. The molecule has 1 N–H and O–H groups in total. The van der Waals surface area contributed by atoms with Crippen molar-refractivity contribution in [1.29, 1.82) is 0 Å². The fourth-order valence-corrected chi connectivity index (χ4v) is 3.17. The number of hydrogen-bond donors (Lipinski definition) is 1. The first-order valence-corrected chi connectivity index (χ1v) is 9.22.